The first-order valence-corrected chi connectivity index (χ1v) is 4.38. The summed E-state index contributed by atoms with van der Waals surface area (Å²) in [5.41, 5.74) is 0. The van der Waals surface area contributed by atoms with Gasteiger partial charge in [-0.05, 0) is 23.8 Å². The second-order valence-electron chi connectivity index (χ2n) is 2.60. The van der Waals surface area contributed by atoms with Crippen LogP contribution in [0, 0.1) is 0 Å². The number of aromatic nitrogens is 4. The van der Waals surface area contributed by atoms with Crippen molar-refractivity contribution in [3.8, 4) is 0 Å². The van der Waals surface area contributed by atoms with Gasteiger partial charge in [0.05, 0.1) is 0 Å². The van der Waals surface area contributed by atoms with Gasteiger partial charge in [-0.3, -0.25) is 0 Å². The molecule has 0 atom stereocenters. The molecule has 0 radical (unpaired) electrons. The maximum Gasteiger partial charge on any atom is 0.242 e. The Labute approximate surface area is 77.3 Å². The molecule has 1 aromatic rings. The van der Waals surface area contributed by atoms with E-state index in [4.69, 9.17) is 4.74 Å². The lowest BCUT2D eigenvalue weighted by Gasteiger charge is -2.03. The highest BCUT2D eigenvalue weighted by Gasteiger charge is 1.98. The topological polar surface area (TPSA) is 64.9 Å². The SMILES string of the molecule is CCOCCCNc1nnnn1C. The standard InChI is InChI=1S/C7H15N5O/c1-3-13-6-4-5-8-7-9-10-11-12(7)2/h3-6H2,1-2H3,(H,8,9,11). The highest BCUT2D eigenvalue weighted by molar-refractivity contribution is 5.20. The van der Waals surface area contributed by atoms with Gasteiger partial charge in [-0.25, -0.2) is 4.68 Å². The van der Waals surface area contributed by atoms with Gasteiger partial charge in [-0.2, -0.15) is 0 Å². The Balaban J connectivity index is 2.10. The smallest absolute Gasteiger partial charge is 0.242 e. The van der Waals surface area contributed by atoms with Crippen molar-refractivity contribution in [2.75, 3.05) is 25.1 Å². The van der Waals surface area contributed by atoms with Crippen molar-refractivity contribution in [3.63, 3.8) is 0 Å². The van der Waals surface area contributed by atoms with Gasteiger partial charge in [-0.1, -0.05) is 5.10 Å². The van der Waals surface area contributed by atoms with Crippen LogP contribution in [0.1, 0.15) is 13.3 Å². The van der Waals surface area contributed by atoms with E-state index in [1.165, 1.54) is 0 Å². The van der Waals surface area contributed by atoms with Crippen LogP contribution in [0.5, 0.6) is 0 Å². The van der Waals surface area contributed by atoms with Gasteiger partial charge in [0.1, 0.15) is 0 Å². The quantitative estimate of drug-likeness (QED) is 0.634. The van der Waals surface area contributed by atoms with Crippen LogP contribution < -0.4 is 5.32 Å². The molecule has 6 nitrogen and oxygen atoms in total. The lowest BCUT2D eigenvalue weighted by atomic mass is 10.4. The van der Waals surface area contributed by atoms with E-state index in [2.05, 4.69) is 20.8 Å². The lowest BCUT2D eigenvalue weighted by molar-refractivity contribution is 0.147. The number of anilines is 1. The summed E-state index contributed by atoms with van der Waals surface area (Å²) in [4.78, 5) is 0. The first-order chi connectivity index (χ1) is 6.34. The predicted octanol–water partition coefficient (Wildman–Crippen LogP) is 0.0486. The summed E-state index contributed by atoms with van der Waals surface area (Å²) in [6.07, 6.45) is 0.959. The van der Waals surface area contributed by atoms with E-state index in [-0.39, 0.29) is 0 Å². The van der Waals surface area contributed by atoms with Crippen molar-refractivity contribution in [1.29, 1.82) is 0 Å². The Bertz CT molecular complexity index is 237. The number of ether oxygens (including phenoxy) is 1. The molecule has 74 valence electrons. The lowest BCUT2D eigenvalue weighted by Crippen LogP contribution is -2.09. The Morgan fingerprint density at radius 3 is 3.00 bits per heavy atom. The number of nitrogens with one attached hydrogen (secondary N) is 1. The highest BCUT2D eigenvalue weighted by atomic mass is 16.5. The van der Waals surface area contributed by atoms with Gasteiger partial charge in [0.25, 0.3) is 0 Å². The molecule has 1 N–H and O–H groups in total. The third-order valence-corrected chi connectivity index (χ3v) is 1.57. The molecule has 0 aromatic carbocycles. The van der Waals surface area contributed by atoms with E-state index in [0.29, 0.717) is 5.95 Å². The number of hydrogen-bond donors (Lipinski definition) is 1. The van der Waals surface area contributed by atoms with Gasteiger partial charge in [0.2, 0.25) is 5.95 Å². The van der Waals surface area contributed by atoms with E-state index in [1.807, 2.05) is 6.92 Å². The Hall–Kier alpha value is -1.17. The predicted molar refractivity (Wildman–Crippen MR) is 48.4 cm³/mol. The van der Waals surface area contributed by atoms with Crippen molar-refractivity contribution in [1.82, 2.24) is 20.2 Å². The molecule has 1 rings (SSSR count). The van der Waals surface area contributed by atoms with Crippen molar-refractivity contribution >= 4 is 5.95 Å². The molecular weight excluding hydrogens is 170 g/mol. The summed E-state index contributed by atoms with van der Waals surface area (Å²) >= 11 is 0. The Morgan fingerprint density at radius 2 is 2.38 bits per heavy atom. The Kier molecular flexibility index (Phi) is 4.17. The molecule has 0 aliphatic rings. The van der Waals surface area contributed by atoms with Crippen LogP contribution in [0.25, 0.3) is 0 Å². The number of nitrogens with zero attached hydrogens (tertiary/aromatic N) is 4. The molecule has 0 bridgehead atoms. The molecule has 13 heavy (non-hydrogen) atoms. The minimum absolute atomic E-state index is 0.691. The fraction of sp³-hybridized carbons (Fsp3) is 0.857. The molecule has 1 heterocycles. The highest BCUT2D eigenvalue weighted by Crippen LogP contribution is 1.95. The molecular formula is C7H15N5O. The minimum Gasteiger partial charge on any atom is -0.382 e. The van der Waals surface area contributed by atoms with Crippen LogP contribution in [-0.2, 0) is 11.8 Å². The van der Waals surface area contributed by atoms with Crippen molar-refractivity contribution in [2.45, 2.75) is 13.3 Å². The van der Waals surface area contributed by atoms with Crippen molar-refractivity contribution in [3.05, 3.63) is 0 Å². The summed E-state index contributed by atoms with van der Waals surface area (Å²) < 4.78 is 6.78. The molecule has 0 saturated carbocycles. The van der Waals surface area contributed by atoms with E-state index in [0.717, 1.165) is 26.2 Å². The number of hydrogen-bond acceptors (Lipinski definition) is 5. The zero-order chi connectivity index (χ0) is 9.52. The van der Waals surface area contributed by atoms with Gasteiger partial charge in [0, 0.05) is 26.8 Å². The largest absolute Gasteiger partial charge is 0.382 e. The first kappa shape index (κ1) is 9.91. The zero-order valence-electron chi connectivity index (χ0n) is 8.03. The molecule has 0 fully saturated rings. The molecule has 0 aliphatic carbocycles. The van der Waals surface area contributed by atoms with E-state index in [9.17, 15) is 0 Å². The zero-order valence-corrected chi connectivity index (χ0v) is 8.03. The maximum absolute atomic E-state index is 5.18. The minimum atomic E-state index is 0.691. The van der Waals surface area contributed by atoms with Crippen molar-refractivity contribution in [2.24, 2.45) is 7.05 Å². The summed E-state index contributed by atoms with van der Waals surface area (Å²) in [6, 6.07) is 0. The molecule has 0 spiro atoms. The fourth-order valence-corrected chi connectivity index (χ4v) is 0.898. The summed E-state index contributed by atoms with van der Waals surface area (Å²) in [5, 5.41) is 14.1. The van der Waals surface area contributed by atoms with E-state index in [1.54, 1.807) is 11.7 Å². The normalized spacial score (nSPS) is 10.3. The van der Waals surface area contributed by atoms with Crippen molar-refractivity contribution < 1.29 is 4.74 Å². The number of tetrazole rings is 1. The van der Waals surface area contributed by atoms with E-state index < -0.39 is 0 Å². The molecule has 0 amide bonds. The van der Waals surface area contributed by atoms with Crippen LogP contribution in [0.2, 0.25) is 0 Å². The average Bonchev–Trinajstić information content (AvgIpc) is 2.52. The number of aryl methyl sites for hydroxylation is 1. The second kappa shape index (κ2) is 5.47. The van der Waals surface area contributed by atoms with Crippen LogP contribution in [0.3, 0.4) is 0 Å². The third-order valence-electron chi connectivity index (χ3n) is 1.57. The molecule has 0 saturated heterocycles. The van der Waals surface area contributed by atoms with Gasteiger partial charge < -0.3 is 10.1 Å². The number of rotatable bonds is 6. The van der Waals surface area contributed by atoms with Crippen LogP contribution in [-0.4, -0.2) is 40.0 Å². The summed E-state index contributed by atoms with van der Waals surface area (Å²) in [5.74, 6) is 0.691. The van der Waals surface area contributed by atoms with Crippen LogP contribution in [0.15, 0.2) is 0 Å². The molecule has 6 heteroatoms. The van der Waals surface area contributed by atoms with Gasteiger partial charge in [0.15, 0.2) is 0 Å². The monoisotopic (exact) mass is 185 g/mol. The first-order valence-electron chi connectivity index (χ1n) is 4.38. The maximum atomic E-state index is 5.18. The fourth-order valence-electron chi connectivity index (χ4n) is 0.898. The molecule has 1 aromatic heterocycles. The van der Waals surface area contributed by atoms with Gasteiger partial charge >= 0.3 is 0 Å². The van der Waals surface area contributed by atoms with E-state index >= 15 is 0 Å². The summed E-state index contributed by atoms with van der Waals surface area (Å²) in [7, 11) is 1.80. The Morgan fingerprint density at radius 1 is 1.54 bits per heavy atom. The molecule has 0 aliphatic heterocycles. The third kappa shape index (κ3) is 3.37. The van der Waals surface area contributed by atoms with Crippen LogP contribution >= 0.6 is 0 Å². The molecule has 0 unspecified atom stereocenters. The summed E-state index contributed by atoms with van der Waals surface area (Å²) in [6.45, 7) is 4.36. The average molecular weight is 185 g/mol. The second-order valence-corrected chi connectivity index (χ2v) is 2.60. The van der Waals surface area contributed by atoms with Crippen LogP contribution in [0.4, 0.5) is 5.95 Å². The van der Waals surface area contributed by atoms with Gasteiger partial charge in [-0.15, -0.1) is 0 Å².